The Balaban J connectivity index is 1.62. The molecule has 4 nitrogen and oxygen atoms in total. The summed E-state index contributed by atoms with van der Waals surface area (Å²) in [5, 5.41) is 0.778. The van der Waals surface area contributed by atoms with E-state index in [1.54, 1.807) is 12.4 Å². The topological polar surface area (TPSA) is 28.6 Å². The van der Waals surface area contributed by atoms with Crippen molar-refractivity contribution in [2.24, 2.45) is 0 Å². The van der Waals surface area contributed by atoms with Gasteiger partial charge in [0.05, 0.1) is 18.2 Å². The monoisotopic (exact) mass is 435 g/mol. The summed E-state index contributed by atoms with van der Waals surface area (Å²) in [6.07, 6.45) is 3.58. The van der Waals surface area contributed by atoms with Crippen LogP contribution in [0.4, 0.5) is 5.69 Å². The fourth-order valence-electron chi connectivity index (χ4n) is 4.11. The van der Waals surface area contributed by atoms with Crippen LogP contribution < -0.4 is 4.90 Å². The summed E-state index contributed by atoms with van der Waals surface area (Å²) >= 11 is 6.94. The number of anilines is 1. The molecule has 1 fully saturated rings. The van der Waals surface area contributed by atoms with Crippen molar-refractivity contribution < 1.29 is 4.74 Å². The van der Waals surface area contributed by atoms with Gasteiger partial charge in [-0.2, -0.15) is 0 Å². The molecular formula is C26H30ClN3O. The molecule has 162 valence electrons. The summed E-state index contributed by atoms with van der Waals surface area (Å²) in [6, 6.07) is 16.8. The van der Waals surface area contributed by atoms with Crippen molar-refractivity contribution in [2.75, 3.05) is 37.6 Å². The third kappa shape index (κ3) is 5.27. The normalized spacial score (nSPS) is 14.7. The number of pyridine rings is 1. The van der Waals surface area contributed by atoms with E-state index in [9.17, 15) is 0 Å². The number of halogens is 1. The van der Waals surface area contributed by atoms with E-state index in [-0.39, 0.29) is 0 Å². The maximum absolute atomic E-state index is 6.94. The number of likely N-dealkylation sites (N-methyl/N-ethyl adjacent to an activating group) is 1. The van der Waals surface area contributed by atoms with Gasteiger partial charge in [0.1, 0.15) is 0 Å². The van der Waals surface area contributed by atoms with E-state index >= 15 is 0 Å². The van der Waals surface area contributed by atoms with Crippen LogP contribution >= 0.6 is 11.6 Å². The van der Waals surface area contributed by atoms with Gasteiger partial charge in [-0.1, -0.05) is 42.8 Å². The van der Waals surface area contributed by atoms with Crippen molar-refractivity contribution >= 4 is 17.3 Å². The number of rotatable bonds is 7. The standard InChI is InChI=1S/C26H30ClN3O/c1-3-29-12-14-30(15-13-29)23-16-22(19-31-18-21-8-10-28-11-9-21)26(27)25(17-23)24-7-5-4-6-20(24)2/h4-11,16-17H,3,12-15,18-19H2,1-2H3. The number of hydrogen-bond acceptors (Lipinski definition) is 4. The molecule has 0 aliphatic carbocycles. The summed E-state index contributed by atoms with van der Waals surface area (Å²) in [4.78, 5) is 9.03. The molecule has 0 N–H and O–H groups in total. The second-order valence-electron chi connectivity index (χ2n) is 8.05. The molecule has 0 spiro atoms. The van der Waals surface area contributed by atoms with Crippen LogP contribution in [-0.2, 0) is 18.0 Å². The van der Waals surface area contributed by atoms with E-state index in [0.29, 0.717) is 13.2 Å². The number of nitrogens with zero attached hydrogens (tertiary/aromatic N) is 3. The molecule has 0 atom stereocenters. The predicted octanol–water partition coefficient (Wildman–Crippen LogP) is 5.57. The maximum Gasteiger partial charge on any atom is 0.0736 e. The van der Waals surface area contributed by atoms with Crippen LogP contribution in [-0.4, -0.2) is 42.6 Å². The minimum atomic E-state index is 0.475. The van der Waals surface area contributed by atoms with E-state index in [0.717, 1.165) is 54.4 Å². The summed E-state index contributed by atoms with van der Waals surface area (Å²) in [5.74, 6) is 0. The zero-order valence-corrected chi connectivity index (χ0v) is 19.1. The average Bonchev–Trinajstić information content (AvgIpc) is 2.81. The van der Waals surface area contributed by atoms with Gasteiger partial charge in [-0.15, -0.1) is 0 Å². The molecule has 2 aromatic carbocycles. The van der Waals surface area contributed by atoms with E-state index in [1.807, 2.05) is 12.1 Å². The summed E-state index contributed by atoms with van der Waals surface area (Å²) in [5.41, 5.74) is 6.85. The third-order valence-electron chi connectivity index (χ3n) is 6.03. The molecule has 1 aromatic heterocycles. The molecule has 1 saturated heterocycles. The van der Waals surface area contributed by atoms with Crippen LogP contribution in [0.15, 0.2) is 60.9 Å². The lowest BCUT2D eigenvalue weighted by molar-refractivity contribution is 0.107. The summed E-state index contributed by atoms with van der Waals surface area (Å²) < 4.78 is 6.05. The largest absolute Gasteiger partial charge is 0.372 e. The second-order valence-corrected chi connectivity index (χ2v) is 8.43. The fourth-order valence-corrected chi connectivity index (χ4v) is 4.37. The molecule has 1 aliphatic rings. The van der Waals surface area contributed by atoms with Crippen molar-refractivity contribution in [1.29, 1.82) is 0 Å². The summed E-state index contributed by atoms with van der Waals surface area (Å²) in [7, 11) is 0. The molecule has 1 aliphatic heterocycles. The second kappa shape index (κ2) is 10.3. The Morgan fingerprint density at radius 2 is 1.68 bits per heavy atom. The minimum absolute atomic E-state index is 0.475. The minimum Gasteiger partial charge on any atom is -0.372 e. The third-order valence-corrected chi connectivity index (χ3v) is 6.47. The molecule has 31 heavy (non-hydrogen) atoms. The molecule has 5 heteroatoms. The van der Waals surface area contributed by atoms with Gasteiger partial charge in [-0.3, -0.25) is 4.98 Å². The molecule has 0 bridgehead atoms. The highest BCUT2D eigenvalue weighted by atomic mass is 35.5. The van der Waals surface area contributed by atoms with Gasteiger partial charge in [0.15, 0.2) is 0 Å². The van der Waals surface area contributed by atoms with Crippen molar-refractivity contribution in [3.05, 3.63) is 82.6 Å². The Hall–Kier alpha value is -2.40. The average molecular weight is 436 g/mol. The number of ether oxygens (including phenoxy) is 1. The van der Waals surface area contributed by atoms with Gasteiger partial charge < -0.3 is 14.5 Å². The van der Waals surface area contributed by atoms with Crippen molar-refractivity contribution in [3.8, 4) is 11.1 Å². The Morgan fingerprint density at radius 3 is 2.39 bits per heavy atom. The highest BCUT2D eigenvalue weighted by molar-refractivity contribution is 6.34. The molecule has 0 radical (unpaired) electrons. The molecule has 0 unspecified atom stereocenters. The molecule has 3 aromatic rings. The van der Waals surface area contributed by atoms with E-state index in [4.69, 9.17) is 16.3 Å². The Morgan fingerprint density at radius 1 is 0.935 bits per heavy atom. The number of hydrogen-bond donors (Lipinski definition) is 0. The quantitative estimate of drug-likeness (QED) is 0.485. The zero-order chi connectivity index (χ0) is 21.6. The van der Waals surface area contributed by atoms with Gasteiger partial charge in [-0.05, 0) is 60.0 Å². The summed E-state index contributed by atoms with van der Waals surface area (Å²) in [6.45, 7) is 10.7. The van der Waals surface area contributed by atoms with Crippen molar-refractivity contribution in [1.82, 2.24) is 9.88 Å². The van der Waals surface area contributed by atoms with Crippen molar-refractivity contribution in [2.45, 2.75) is 27.1 Å². The predicted molar refractivity (Wildman–Crippen MR) is 129 cm³/mol. The highest BCUT2D eigenvalue weighted by Gasteiger charge is 2.19. The van der Waals surface area contributed by atoms with Gasteiger partial charge >= 0.3 is 0 Å². The maximum atomic E-state index is 6.94. The zero-order valence-electron chi connectivity index (χ0n) is 18.4. The number of benzene rings is 2. The van der Waals surface area contributed by atoms with Crippen LogP contribution in [0.3, 0.4) is 0 Å². The number of piperazine rings is 1. The van der Waals surface area contributed by atoms with Gasteiger partial charge in [0.25, 0.3) is 0 Å². The lowest BCUT2D eigenvalue weighted by Crippen LogP contribution is -2.46. The Bertz CT molecular complexity index is 1000. The van der Waals surface area contributed by atoms with E-state index in [1.165, 1.54) is 16.8 Å². The molecule has 0 saturated carbocycles. The molecule has 4 rings (SSSR count). The Labute approximate surface area is 190 Å². The smallest absolute Gasteiger partial charge is 0.0736 e. The fraction of sp³-hybridized carbons (Fsp3) is 0.346. The van der Waals surface area contributed by atoms with Crippen LogP contribution in [0.5, 0.6) is 0 Å². The van der Waals surface area contributed by atoms with Gasteiger partial charge in [0.2, 0.25) is 0 Å². The van der Waals surface area contributed by atoms with E-state index in [2.05, 4.69) is 65.0 Å². The lowest BCUT2D eigenvalue weighted by atomic mass is 9.97. The van der Waals surface area contributed by atoms with Crippen LogP contribution in [0.1, 0.15) is 23.6 Å². The van der Waals surface area contributed by atoms with Crippen LogP contribution in [0.25, 0.3) is 11.1 Å². The van der Waals surface area contributed by atoms with Gasteiger partial charge in [-0.25, -0.2) is 0 Å². The highest BCUT2D eigenvalue weighted by Crippen LogP contribution is 2.37. The number of aromatic nitrogens is 1. The lowest BCUT2D eigenvalue weighted by Gasteiger charge is -2.36. The van der Waals surface area contributed by atoms with Gasteiger partial charge in [0, 0.05) is 49.8 Å². The number of aryl methyl sites for hydroxylation is 1. The van der Waals surface area contributed by atoms with E-state index < -0.39 is 0 Å². The first-order valence-electron chi connectivity index (χ1n) is 11.0. The van der Waals surface area contributed by atoms with Crippen molar-refractivity contribution in [3.63, 3.8) is 0 Å². The first-order chi connectivity index (χ1) is 15.2. The first-order valence-corrected chi connectivity index (χ1v) is 11.4. The molecule has 2 heterocycles. The van der Waals surface area contributed by atoms with Crippen LogP contribution in [0, 0.1) is 6.92 Å². The first kappa shape index (κ1) is 21.8. The van der Waals surface area contributed by atoms with Crippen LogP contribution in [0.2, 0.25) is 5.02 Å². The SMILES string of the molecule is CCN1CCN(c2cc(COCc3ccncc3)c(Cl)c(-c3ccccc3C)c2)CC1. The molecule has 0 amide bonds. The molecular weight excluding hydrogens is 406 g/mol. The Kier molecular flexibility index (Phi) is 7.23.